The summed E-state index contributed by atoms with van der Waals surface area (Å²) in [5, 5.41) is 0. The number of esters is 1. The van der Waals surface area contributed by atoms with Gasteiger partial charge in [-0.05, 0) is 42.7 Å². The van der Waals surface area contributed by atoms with Crippen molar-refractivity contribution in [3.63, 3.8) is 0 Å². The predicted octanol–water partition coefficient (Wildman–Crippen LogP) is 4.07. The van der Waals surface area contributed by atoms with Gasteiger partial charge in [-0.25, -0.2) is 4.39 Å². The molecule has 0 saturated heterocycles. The van der Waals surface area contributed by atoms with Crippen molar-refractivity contribution in [1.29, 1.82) is 0 Å². The Balaban J connectivity index is 1.74. The smallest absolute Gasteiger partial charge is 0.317 e. The molecule has 0 atom stereocenters. The van der Waals surface area contributed by atoms with Crippen LogP contribution >= 0.6 is 0 Å². The van der Waals surface area contributed by atoms with Gasteiger partial charge in [0.1, 0.15) is 11.6 Å². The highest BCUT2D eigenvalue weighted by molar-refractivity contribution is 5.98. The summed E-state index contributed by atoms with van der Waals surface area (Å²) in [5.74, 6) is -0.579. The zero-order valence-corrected chi connectivity index (χ0v) is 14.7. The van der Waals surface area contributed by atoms with Crippen LogP contribution in [0.4, 0.5) is 4.39 Å². The summed E-state index contributed by atoms with van der Waals surface area (Å²) in [6.45, 7) is -0.344. The van der Waals surface area contributed by atoms with Crippen LogP contribution in [-0.2, 0) is 14.9 Å². The third-order valence-electron chi connectivity index (χ3n) is 4.95. The van der Waals surface area contributed by atoms with Crippen LogP contribution < -0.4 is 4.74 Å². The normalized spacial score (nSPS) is 15.5. The first kappa shape index (κ1) is 18.1. The van der Waals surface area contributed by atoms with Crippen LogP contribution in [0.25, 0.3) is 0 Å². The molecule has 0 amide bonds. The number of hydrogen-bond acceptors (Lipinski definition) is 4. The molecule has 0 heterocycles. The van der Waals surface area contributed by atoms with Crippen molar-refractivity contribution in [1.82, 2.24) is 0 Å². The lowest BCUT2D eigenvalue weighted by Crippen LogP contribution is -2.36. The maximum absolute atomic E-state index is 13.6. The van der Waals surface area contributed by atoms with Gasteiger partial charge in [0, 0.05) is 5.56 Å². The van der Waals surface area contributed by atoms with E-state index in [9.17, 15) is 14.0 Å². The minimum atomic E-state index is -0.864. The Morgan fingerprint density at radius 3 is 2.50 bits per heavy atom. The Morgan fingerprint density at radius 1 is 1.08 bits per heavy atom. The topological polar surface area (TPSA) is 52.6 Å². The standard InChI is InChI=1S/C21H21FO4/c1-25-18-9-4-6-15(12-18)19(23)14-26-20(24)21(10-2-3-11-21)16-7-5-8-17(22)13-16/h4-9,12-13H,2-3,10-11,14H2,1H3. The highest BCUT2D eigenvalue weighted by Crippen LogP contribution is 2.42. The van der Waals surface area contributed by atoms with Gasteiger partial charge in [0.2, 0.25) is 0 Å². The van der Waals surface area contributed by atoms with Crippen molar-refractivity contribution in [3.8, 4) is 5.75 Å². The summed E-state index contributed by atoms with van der Waals surface area (Å²) < 4.78 is 24.1. The fourth-order valence-electron chi connectivity index (χ4n) is 3.52. The summed E-state index contributed by atoms with van der Waals surface area (Å²) in [6, 6.07) is 12.8. The van der Waals surface area contributed by atoms with E-state index in [1.54, 1.807) is 36.4 Å². The van der Waals surface area contributed by atoms with Crippen molar-refractivity contribution in [2.45, 2.75) is 31.1 Å². The third kappa shape index (κ3) is 3.62. The average Bonchev–Trinajstić information content (AvgIpc) is 3.17. The van der Waals surface area contributed by atoms with Crippen LogP contribution in [0, 0.1) is 5.82 Å². The van der Waals surface area contributed by atoms with Crippen molar-refractivity contribution in [2.24, 2.45) is 0 Å². The minimum Gasteiger partial charge on any atom is -0.497 e. The van der Waals surface area contributed by atoms with Gasteiger partial charge < -0.3 is 9.47 Å². The van der Waals surface area contributed by atoms with Gasteiger partial charge >= 0.3 is 5.97 Å². The number of ketones is 1. The van der Waals surface area contributed by atoms with Crippen LogP contribution in [0.3, 0.4) is 0 Å². The highest BCUT2D eigenvalue weighted by atomic mass is 19.1. The van der Waals surface area contributed by atoms with E-state index in [0.717, 1.165) is 12.8 Å². The average molecular weight is 356 g/mol. The summed E-state index contributed by atoms with van der Waals surface area (Å²) in [6.07, 6.45) is 2.94. The number of ether oxygens (including phenoxy) is 2. The van der Waals surface area contributed by atoms with Gasteiger partial charge in [-0.15, -0.1) is 0 Å². The van der Waals surface area contributed by atoms with Crippen LogP contribution in [0.5, 0.6) is 5.75 Å². The molecule has 0 spiro atoms. The first-order valence-electron chi connectivity index (χ1n) is 8.66. The molecule has 0 aliphatic heterocycles. The molecule has 3 rings (SSSR count). The van der Waals surface area contributed by atoms with Gasteiger partial charge in [0.15, 0.2) is 12.4 Å². The highest BCUT2D eigenvalue weighted by Gasteiger charge is 2.44. The molecule has 0 radical (unpaired) electrons. The molecule has 0 N–H and O–H groups in total. The van der Waals surface area contributed by atoms with E-state index >= 15 is 0 Å². The molecule has 1 aliphatic rings. The number of methoxy groups -OCH3 is 1. The van der Waals surface area contributed by atoms with E-state index in [0.29, 0.717) is 29.7 Å². The van der Waals surface area contributed by atoms with Gasteiger partial charge in [0.05, 0.1) is 12.5 Å². The van der Waals surface area contributed by atoms with E-state index < -0.39 is 11.4 Å². The van der Waals surface area contributed by atoms with Crippen LogP contribution in [-0.4, -0.2) is 25.5 Å². The van der Waals surface area contributed by atoms with Crippen molar-refractivity contribution in [2.75, 3.05) is 13.7 Å². The largest absolute Gasteiger partial charge is 0.497 e. The van der Waals surface area contributed by atoms with Gasteiger partial charge in [-0.1, -0.05) is 37.1 Å². The predicted molar refractivity (Wildman–Crippen MR) is 94.8 cm³/mol. The van der Waals surface area contributed by atoms with Gasteiger partial charge in [-0.3, -0.25) is 9.59 Å². The fourth-order valence-corrected chi connectivity index (χ4v) is 3.52. The monoisotopic (exact) mass is 356 g/mol. The van der Waals surface area contributed by atoms with Crippen LogP contribution in [0.15, 0.2) is 48.5 Å². The summed E-state index contributed by atoms with van der Waals surface area (Å²) >= 11 is 0. The van der Waals surface area contributed by atoms with Crippen LogP contribution in [0.2, 0.25) is 0 Å². The Kier molecular flexibility index (Phi) is 5.35. The van der Waals surface area contributed by atoms with E-state index in [1.807, 2.05) is 0 Å². The SMILES string of the molecule is COc1cccc(C(=O)COC(=O)C2(c3cccc(F)c3)CCCC2)c1. The lowest BCUT2D eigenvalue weighted by Gasteiger charge is -2.27. The molecule has 26 heavy (non-hydrogen) atoms. The number of benzene rings is 2. The molecule has 0 unspecified atom stereocenters. The second-order valence-electron chi connectivity index (χ2n) is 6.53. The molecule has 1 fully saturated rings. The number of carbonyl (C=O) groups is 2. The van der Waals surface area contributed by atoms with E-state index in [1.165, 1.54) is 19.2 Å². The molecule has 1 aliphatic carbocycles. The Morgan fingerprint density at radius 2 is 1.81 bits per heavy atom. The first-order valence-corrected chi connectivity index (χ1v) is 8.66. The number of carbonyl (C=O) groups excluding carboxylic acids is 2. The quantitative estimate of drug-likeness (QED) is 0.578. The molecular formula is C21H21FO4. The number of rotatable bonds is 6. The number of halogens is 1. The van der Waals surface area contributed by atoms with Crippen molar-refractivity contribution < 1.29 is 23.5 Å². The third-order valence-corrected chi connectivity index (χ3v) is 4.95. The molecule has 0 aromatic heterocycles. The summed E-state index contributed by atoms with van der Waals surface area (Å²) in [4.78, 5) is 25.2. The molecule has 0 bridgehead atoms. The van der Waals surface area contributed by atoms with E-state index in [4.69, 9.17) is 9.47 Å². The minimum absolute atomic E-state index is 0.301. The molecule has 2 aromatic carbocycles. The fraction of sp³-hybridized carbons (Fsp3) is 0.333. The zero-order valence-electron chi connectivity index (χ0n) is 14.7. The maximum atomic E-state index is 13.6. The zero-order chi connectivity index (χ0) is 18.6. The summed E-state index contributed by atoms with van der Waals surface area (Å²) in [5.41, 5.74) is 0.175. The van der Waals surface area contributed by atoms with E-state index in [2.05, 4.69) is 0 Å². The lowest BCUT2D eigenvalue weighted by molar-refractivity contribution is -0.149. The maximum Gasteiger partial charge on any atom is 0.317 e. The van der Waals surface area contributed by atoms with Crippen molar-refractivity contribution in [3.05, 3.63) is 65.5 Å². The molecular weight excluding hydrogens is 335 g/mol. The molecule has 1 saturated carbocycles. The van der Waals surface area contributed by atoms with E-state index in [-0.39, 0.29) is 18.2 Å². The second-order valence-corrected chi connectivity index (χ2v) is 6.53. The number of Topliss-reactive ketones (excluding diaryl/α,β-unsaturated/α-hetero) is 1. The first-order chi connectivity index (χ1) is 12.5. The molecule has 4 nitrogen and oxygen atoms in total. The lowest BCUT2D eigenvalue weighted by atomic mass is 9.79. The Bertz CT molecular complexity index is 809. The van der Waals surface area contributed by atoms with Gasteiger partial charge in [-0.2, -0.15) is 0 Å². The second kappa shape index (κ2) is 7.68. The summed E-state index contributed by atoms with van der Waals surface area (Å²) in [7, 11) is 1.52. The Hall–Kier alpha value is -2.69. The van der Waals surface area contributed by atoms with Crippen LogP contribution in [0.1, 0.15) is 41.6 Å². The van der Waals surface area contributed by atoms with Gasteiger partial charge in [0.25, 0.3) is 0 Å². The number of hydrogen-bond donors (Lipinski definition) is 0. The van der Waals surface area contributed by atoms with Crippen molar-refractivity contribution >= 4 is 11.8 Å². The Labute approximate surface area is 151 Å². The molecule has 2 aromatic rings. The molecule has 136 valence electrons. The molecule has 5 heteroatoms.